The molecule has 0 atom stereocenters. The molecule has 0 fully saturated rings. The van der Waals surface area contributed by atoms with Gasteiger partial charge in [-0.2, -0.15) is 0 Å². The number of allylic oxidation sites excluding steroid dienone is 1. The van der Waals surface area contributed by atoms with Crippen molar-refractivity contribution >= 4 is 29.1 Å². The van der Waals surface area contributed by atoms with Crippen LogP contribution in [0.5, 0.6) is 0 Å². The van der Waals surface area contributed by atoms with Gasteiger partial charge in [0.2, 0.25) is 0 Å². The number of hydrogen-bond acceptors (Lipinski definition) is 3. The van der Waals surface area contributed by atoms with Crippen molar-refractivity contribution in [2.45, 2.75) is 11.8 Å². The largest absolute Gasteiger partial charge is 0.382 e. The van der Waals surface area contributed by atoms with Crippen molar-refractivity contribution < 1.29 is 4.79 Å². The predicted octanol–water partition coefficient (Wildman–Crippen LogP) is 3.42. The minimum absolute atomic E-state index is 0.0636. The number of halogens is 1. The van der Waals surface area contributed by atoms with Crippen molar-refractivity contribution in [3.8, 4) is 0 Å². The molecule has 0 saturated heterocycles. The first kappa shape index (κ1) is 13.1. The Morgan fingerprint density at radius 3 is 2.31 bits per heavy atom. The lowest BCUT2D eigenvalue weighted by atomic mass is 10.4. The number of hydrogen-bond donors (Lipinski definition) is 0. The number of carbonyl (C=O) groups is 1. The van der Waals surface area contributed by atoms with Crippen molar-refractivity contribution in [2.24, 2.45) is 0 Å². The minimum atomic E-state index is 0.0636. The van der Waals surface area contributed by atoms with Gasteiger partial charge in [-0.05, 0) is 31.2 Å². The summed E-state index contributed by atoms with van der Waals surface area (Å²) in [5, 5.41) is 0.699. The third kappa shape index (κ3) is 4.29. The summed E-state index contributed by atoms with van der Waals surface area (Å²) in [6, 6.07) is 7.44. The van der Waals surface area contributed by atoms with E-state index in [1.807, 2.05) is 49.5 Å². The van der Waals surface area contributed by atoms with E-state index in [4.69, 9.17) is 11.6 Å². The van der Waals surface area contributed by atoms with Crippen molar-refractivity contribution in [3.05, 3.63) is 40.4 Å². The van der Waals surface area contributed by atoms with E-state index in [0.29, 0.717) is 9.93 Å². The fraction of sp³-hybridized carbons (Fsp3) is 0.250. The van der Waals surface area contributed by atoms with Gasteiger partial charge >= 0.3 is 0 Å². The second-order valence-electron chi connectivity index (χ2n) is 3.57. The van der Waals surface area contributed by atoms with Gasteiger partial charge < -0.3 is 4.90 Å². The summed E-state index contributed by atoms with van der Waals surface area (Å²) in [7, 11) is 3.79. The van der Waals surface area contributed by atoms with Gasteiger partial charge in [-0.1, -0.05) is 23.4 Å². The zero-order valence-corrected chi connectivity index (χ0v) is 11.1. The average molecular weight is 256 g/mol. The molecule has 2 nitrogen and oxygen atoms in total. The highest BCUT2D eigenvalue weighted by Crippen LogP contribution is 2.28. The minimum Gasteiger partial charge on any atom is -0.382 e. The first-order valence-electron chi connectivity index (χ1n) is 4.81. The summed E-state index contributed by atoms with van der Waals surface area (Å²) in [5.74, 6) is 0.0636. The van der Waals surface area contributed by atoms with Gasteiger partial charge in [0.25, 0.3) is 0 Å². The first-order valence-corrected chi connectivity index (χ1v) is 6.01. The van der Waals surface area contributed by atoms with Crippen LogP contribution in [0, 0.1) is 0 Å². The lowest BCUT2D eigenvalue weighted by Gasteiger charge is -2.09. The molecule has 0 saturated carbocycles. The summed E-state index contributed by atoms with van der Waals surface area (Å²) in [5.41, 5.74) is 0. The Bertz CT molecular complexity index is 398. The Morgan fingerprint density at radius 1 is 1.31 bits per heavy atom. The zero-order valence-electron chi connectivity index (χ0n) is 9.53. The number of benzene rings is 1. The predicted molar refractivity (Wildman–Crippen MR) is 69.8 cm³/mol. The van der Waals surface area contributed by atoms with Crippen LogP contribution in [0.25, 0.3) is 0 Å². The van der Waals surface area contributed by atoms with Gasteiger partial charge in [0.15, 0.2) is 5.78 Å². The van der Waals surface area contributed by atoms with Crippen LogP contribution in [0.1, 0.15) is 6.92 Å². The standard InChI is InChI=1S/C12H14ClNOS/c1-9(15)12(8-14(2)3)16-11-6-4-10(13)5-7-11/h4-8H,1-3H3/b12-8-. The molecular weight excluding hydrogens is 242 g/mol. The number of nitrogens with zero attached hydrogens (tertiary/aromatic N) is 1. The van der Waals surface area contributed by atoms with E-state index in [9.17, 15) is 4.79 Å². The summed E-state index contributed by atoms with van der Waals surface area (Å²) in [6.45, 7) is 1.57. The van der Waals surface area contributed by atoms with E-state index in [-0.39, 0.29) is 5.78 Å². The molecule has 0 aromatic heterocycles. The Kier molecular flexibility index (Phi) is 4.90. The monoisotopic (exact) mass is 255 g/mol. The van der Waals surface area contributed by atoms with E-state index in [1.54, 1.807) is 6.92 Å². The molecule has 0 aliphatic carbocycles. The Balaban J connectivity index is 2.84. The van der Waals surface area contributed by atoms with Crippen LogP contribution in [0.2, 0.25) is 5.02 Å². The number of ketones is 1. The summed E-state index contributed by atoms with van der Waals surface area (Å²) < 4.78 is 0. The number of thioether (sulfide) groups is 1. The number of rotatable bonds is 4. The van der Waals surface area contributed by atoms with Crippen LogP contribution in [0.3, 0.4) is 0 Å². The quantitative estimate of drug-likeness (QED) is 0.607. The maximum Gasteiger partial charge on any atom is 0.167 e. The molecule has 0 heterocycles. The third-order valence-electron chi connectivity index (χ3n) is 1.76. The van der Waals surface area contributed by atoms with Crippen LogP contribution in [0.4, 0.5) is 0 Å². The molecule has 4 heteroatoms. The normalized spacial score (nSPS) is 11.4. The SMILES string of the molecule is CC(=O)/C(=C/N(C)C)Sc1ccc(Cl)cc1. The van der Waals surface area contributed by atoms with E-state index < -0.39 is 0 Å². The molecule has 0 radical (unpaired) electrons. The highest BCUT2D eigenvalue weighted by molar-refractivity contribution is 8.04. The molecule has 0 unspecified atom stereocenters. The molecule has 0 aliphatic rings. The van der Waals surface area contributed by atoms with Gasteiger partial charge in [-0.25, -0.2) is 0 Å². The van der Waals surface area contributed by atoms with E-state index in [1.165, 1.54) is 11.8 Å². The second-order valence-corrected chi connectivity index (χ2v) is 5.12. The van der Waals surface area contributed by atoms with Crippen molar-refractivity contribution in [1.82, 2.24) is 4.90 Å². The molecule has 16 heavy (non-hydrogen) atoms. The fourth-order valence-corrected chi connectivity index (χ4v) is 2.11. The van der Waals surface area contributed by atoms with E-state index >= 15 is 0 Å². The molecule has 0 bridgehead atoms. The van der Waals surface area contributed by atoms with Gasteiger partial charge in [0.05, 0.1) is 4.91 Å². The molecule has 0 amide bonds. The molecular formula is C12H14ClNOS. The molecule has 86 valence electrons. The third-order valence-corrected chi connectivity index (χ3v) is 3.14. The highest BCUT2D eigenvalue weighted by atomic mass is 35.5. The molecule has 0 aliphatic heterocycles. The smallest absolute Gasteiger partial charge is 0.167 e. The van der Waals surface area contributed by atoms with Gasteiger partial charge in [0.1, 0.15) is 0 Å². The fourth-order valence-electron chi connectivity index (χ4n) is 1.05. The van der Waals surface area contributed by atoms with Crippen molar-refractivity contribution in [3.63, 3.8) is 0 Å². The number of carbonyl (C=O) groups excluding carboxylic acids is 1. The topological polar surface area (TPSA) is 20.3 Å². The maximum atomic E-state index is 11.4. The summed E-state index contributed by atoms with van der Waals surface area (Å²) in [4.78, 5) is 15.0. The van der Waals surface area contributed by atoms with E-state index in [2.05, 4.69) is 0 Å². The summed E-state index contributed by atoms with van der Waals surface area (Å²) >= 11 is 7.24. The number of Topliss-reactive ketones (excluding diaryl/α,β-unsaturated/α-hetero) is 1. The average Bonchev–Trinajstić information content (AvgIpc) is 2.19. The van der Waals surface area contributed by atoms with Crippen molar-refractivity contribution in [1.29, 1.82) is 0 Å². The van der Waals surface area contributed by atoms with Crippen LogP contribution in [-0.4, -0.2) is 24.8 Å². The van der Waals surface area contributed by atoms with Gasteiger partial charge in [-0.15, -0.1) is 0 Å². The Hall–Kier alpha value is -0.930. The van der Waals surface area contributed by atoms with Crippen LogP contribution in [0.15, 0.2) is 40.3 Å². The molecule has 1 aromatic carbocycles. The van der Waals surface area contributed by atoms with Gasteiger partial charge in [0, 0.05) is 30.2 Å². The molecule has 0 spiro atoms. The highest BCUT2D eigenvalue weighted by Gasteiger charge is 2.06. The Labute approximate surface area is 105 Å². The molecule has 0 N–H and O–H groups in total. The lowest BCUT2D eigenvalue weighted by molar-refractivity contribution is -0.113. The second kappa shape index (κ2) is 5.97. The van der Waals surface area contributed by atoms with E-state index in [0.717, 1.165) is 4.90 Å². The Morgan fingerprint density at radius 2 is 1.88 bits per heavy atom. The first-order chi connectivity index (χ1) is 7.49. The van der Waals surface area contributed by atoms with Crippen molar-refractivity contribution in [2.75, 3.05) is 14.1 Å². The molecule has 1 aromatic rings. The summed E-state index contributed by atoms with van der Waals surface area (Å²) in [6.07, 6.45) is 1.82. The maximum absolute atomic E-state index is 11.4. The van der Waals surface area contributed by atoms with Crippen LogP contribution in [-0.2, 0) is 4.79 Å². The molecule has 1 rings (SSSR count). The lowest BCUT2D eigenvalue weighted by Crippen LogP contribution is -2.05. The van der Waals surface area contributed by atoms with Crippen LogP contribution >= 0.6 is 23.4 Å². The van der Waals surface area contributed by atoms with Gasteiger partial charge in [-0.3, -0.25) is 4.79 Å². The zero-order chi connectivity index (χ0) is 12.1. The van der Waals surface area contributed by atoms with Crippen LogP contribution < -0.4 is 0 Å².